The van der Waals surface area contributed by atoms with E-state index in [-0.39, 0.29) is 12.1 Å². The van der Waals surface area contributed by atoms with Gasteiger partial charge in [-0.05, 0) is 55.6 Å². The molecule has 1 N–H and O–H groups in total. The molecule has 0 radical (unpaired) electrons. The molecule has 2 heterocycles. The van der Waals surface area contributed by atoms with Crippen molar-refractivity contribution in [3.8, 4) is 0 Å². The highest BCUT2D eigenvalue weighted by Gasteiger charge is 2.34. The molecule has 3 aromatic carbocycles. The van der Waals surface area contributed by atoms with Crippen LogP contribution in [0.5, 0.6) is 0 Å². The Morgan fingerprint density at radius 1 is 0.694 bits per heavy atom. The lowest BCUT2D eigenvalue weighted by molar-refractivity contribution is 0.0575. The topological polar surface area (TPSA) is 38.8 Å². The zero-order valence-corrected chi connectivity index (χ0v) is 21.3. The van der Waals surface area contributed by atoms with E-state index in [9.17, 15) is 4.79 Å². The molecule has 0 aliphatic carbocycles. The Morgan fingerprint density at radius 3 is 1.67 bits per heavy atom. The number of nitrogens with zero attached hydrogens (tertiary/aromatic N) is 3. The maximum atomic E-state index is 13.4. The molecular formula is C31H38N4O. The smallest absolute Gasteiger partial charge is 0.318 e. The Kier molecular flexibility index (Phi) is 7.99. The lowest BCUT2D eigenvalue weighted by Crippen LogP contribution is -2.54. The molecule has 36 heavy (non-hydrogen) atoms. The summed E-state index contributed by atoms with van der Waals surface area (Å²) in [4.78, 5) is 20.5. The third-order valence-corrected chi connectivity index (χ3v) is 7.88. The number of rotatable bonds is 6. The van der Waals surface area contributed by atoms with E-state index in [0.29, 0.717) is 12.0 Å². The summed E-state index contributed by atoms with van der Waals surface area (Å²) >= 11 is 0. The van der Waals surface area contributed by atoms with Gasteiger partial charge in [-0.3, -0.25) is 4.90 Å². The lowest BCUT2D eigenvalue weighted by Gasteiger charge is -2.44. The quantitative estimate of drug-likeness (QED) is 0.526. The number of piperazine rings is 1. The Hall–Kier alpha value is -3.15. The predicted octanol–water partition coefficient (Wildman–Crippen LogP) is 5.19. The summed E-state index contributed by atoms with van der Waals surface area (Å²) in [5.41, 5.74) is 3.61. The molecule has 2 fully saturated rings. The van der Waals surface area contributed by atoms with Gasteiger partial charge < -0.3 is 15.1 Å². The van der Waals surface area contributed by atoms with Crippen LogP contribution < -0.4 is 5.32 Å². The standard InChI is InChI=1S/C31H38N4O/c1-33-19-17-28(18-20-33)30(27-15-9-4-10-16-27)34-21-23-35(24-22-34)31(36)32-29(25-11-5-2-6-12-25)26-13-7-3-8-14-26/h2-16,28-30H,17-24H2,1H3,(H,32,36). The monoisotopic (exact) mass is 482 g/mol. The van der Waals surface area contributed by atoms with Crippen molar-refractivity contribution in [3.05, 3.63) is 108 Å². The van der Waals surface area contributed by atoms with Gasteiger partial charge in [0.2, 0.25) is 0 Å². The maximum Gasteiger partial charge on any atom is 0.318 e. The molecule has 2 saturated heterocycles. The SMILES string of the molecule is CN1CCC(C(c2ccccc2)N2CCN(C(=O)NC(c3ccccc3)c3ccccc3)CC2)CC1. The van der Waals surface area contributed by atoms with E-state index in [1.807, 2.05) is 41.3 Å². The number of urea groups is 1. The Morgan fingerprint density at radius 2 is 1.17 bits per heavy atom. The lowest BCUT2D eigenvalue weighted by atomic mass is 9.84. The fraction of sp³-hybridized carbons (Fsp3) is 0.387. The molecule has 1 atom stereocenters. The van der Waals surface area contributed by atoms with E-state index in [4.69, 9.17) is 0 Å². The van der Waals surface area contributed by atoms with Crippen molar-refractivity contribution in [2.24, 2.45) is 5.92 Å². The molecule has 0 saturated carbocycles. The van der Waals surface area contributed by atoms with E-state index in [1.165, 1.54) is 18.4 Å². The van der Waals surface area contributed by atoms with Crippen LogP contribution in [0.4, 0.5) is 4.79 Å². The molecular weight excluding hydrogens is 444 g/mol. The van der Waals surface area contributed by atoms with Crippen LogP contribution in [0.25, 0.3) is 0 Å². The minimum atomic E-state index is -0.158. The van der Waals surface area contributed by atoms with E-state index in [0.717, 1.165) is 50.4 Å². The van der Waals surface area contributed by atoms with E-state index in [1.54, 1.807) is 0 Å². The number of likely N-dealkylation sites (tertiary alicyclic amines) is 1. The minimum Gasteiger partial charge on any atom is -0.327 e. The number of piperidine rings is 1. The van der Waals surface area contributed by atoms with Crippen LogP contribution in [-0.4, -0.2) is 67.0 Å². The summed E-state index contributed by atoms with van der Waals surface area (Å²) in [7, 11) is 2.23. The van der Waals surface area contributed by atoms with Crippen LogP contribution >= 0.6 is 0 Å². The van der Waals surface area contributed by atoms with E-state index < -0.39 is 0 Å². The van der Waals surface area contributed by atoms with Gasteiger partial charge in [0.15, 0.2) is 0 Å². The van der Waals surface area contributed by atoms with Crippen molar-refractivity contribution < 1.29 is 4.79 Å². The molecule has 1 unspecified atom stereocenters. The van der Waals surface area contributed by atoms with Crippen molar-refractivity contribution in [2.75, 3.05) is 46.3 Å². The second-order valence-electron chi connectivity index (χ2n) is 10.2. The maximum absolute atomic E-state index is 13.4. The number of hydrogen-bond acceptors (Lipinski definition) is 3. The van der Waals surface area contributed by atoms with Gasteiger partial charge >= 0.3 is 6.03 Å². The van der Waals surface area contributed by atoms with Crippen LogP contribution in [0.3, 0.4) is 0 Å². The molecule has 2 amide bonds. The number of amides is 2. The summed E-state index contributed by atoms with van der Waals surface area (Å²) in [6, 6.07) is 31.8. The summed E-state index contributed by atoms with van der Waals surface area (Å²) < 4.78 is 0. The van der Waals surface area contributed by atoms with Crippen molar-refractivity contribution in [1.82, 2.24) is 20.0 Å². The molecule has 2 aliphatic heterocycles. The van der Waals surface area contributed by atoms with Crippen molar-refractivity contribution in [1.29, 1.82) is 0 Å². The first kappa shape index (κ1) is 24.5. The van der Waals surface area contributed by atoms with E-state index >= 15 is 0 Å². The third kappa shape index (κ3) is 5.80. The average molecular weight is 483 g/mol. The minimum absolute atomic E-state index is 0.0166. The fourth-order valence-electron chi connectivity index (χ4n) is 5.84. The summed E-state index contributed by atoms with van der Waals surface area (Å²) in [6.07, 6.45) is 2.46. The number of carbonyl (C=O) groups excluding carboxylic acids is 1. The molecule has 0 aromatic heterocycles. The molecule has 5 nitrogen and oxygen atoms in total. The molecule has 0 bridgehead atoms. The van der Waals surface area contributed by atoms with Gasteiger partial charge in [0.05, 0.1) is 6.04 Å². The summed E-state index contributed by atoms with van der Waals surface area (Å²) in [5, 5.41) is 3.33. The molecule has 5 heteroatoms. The number of benzene rings is 3. The normalized spacial score (nSPS) is 18.8. The molecule has 5 rings (SSSR count). The average Bonchev–Trinajstić information content (AvgIpc) is 2.95. The van der Waals surface area contributed by atoms with Crippen LogP contribution in [0.1, 0.15) is 41.6 Å². The zero-order chi connectivity index (χ0) is 24.7. The number of nitrogens with one attached hydrogen (secondary N) is 1. The first-order valence-corrected chi connectivity index (χ1v) is 13.3. The van der Waals surface area contributed by atoms with Crippen molar-refractivity contribution in [2.45, 2.75) is 24.9 Å². The second kappa shape index (κ2) is 11.7. The highest BCUT2D eigenvalue weighted by molar-refractivity contribution is 5.75. The Bertz CT molecular complexity index is 1040. The molecule has 0 spiro atoms. The van der Waals surface area contributed by atoms with Crippen LogP contribution in [0, 0.1) is 5.92 Å². The van der Waals surface area contributed by atoms with Gasteiger partial charge in [0, 0.05) is 32.2 Å². The van der Waals surface area contributed by atoms with Gasteiger partial charge in [0.1, 0.15) is 0 Å². The van der Waals surface area contributed by atoms with Crippen LogP contribution in [0.15, 0.2) is 91.0 Å². The molecule has 3 aromatic rings. The predicted molar refractivity (Wildman–Crippen MR) is 146 cm³/mol. The van der Waals surface area contributed by atoms with Crippen LogP contribution in [-0.2, 0) is 0 Å². The third-order valence-electron chi connectivity index (χ3n) is 7.88. The largest absolute Gasteiger partial charge is 0.327 e. The second-order valence-corrected chi connectivity index (χ2v) is 10.2. The van der Waals surface area contributed by atoms with Gasteiger partial charge in [-0.25, -0.2) is 4.79 Å². The van der Waals surface area contributed by atoms with Gasteiger partial charge in [-0.1, -0.05) is 91.0 Å². The van der Waals surface area contributed by atoms with Gasteiger partial charge in [0.25, 0.3) is 0 Å². The van der Waals surface area contributed by atoms with Crippen LogP contribution in [0.2, 0.25) is 0 Å². The molecule has 188 valence electrons. The highest BCUT2D eigenvalue weighted by atomic mass is 16.2. The number of carbonyl (C=O) groups is 1. The zero-order valence-electron chi connectivity index (χ0n) is 21.3. The highest BCUT2D eigenvalue weighted by Crippen LogP contribution is 2.36. The Labute approximate surface area is 215 Å². The van der Waals surface area contributed by atoms with Crippen molar-refractivity contribution in [3.63, 3.8) is 0 Å². The Balaban J connectivity index is 1.26. The fourth-order valence-corrected chi connectivity index (χ4v) is 5.84. The summed E-state index contributed by atoms with van der Waals surface area (Å²) in [6.45, 7) is 5.63. The van der Waals surface area contributed by atoms with Gasteiger partial charge in [-0.15, -0.1) is 0 Å². The van der Waals surface area contributed by atoms with E-state index in [2.05, 4.69) is 76.8 Å². The first-order chi connectivity index (χ1) is 17.7. The van der Waals surface area contributed by atoms with Crippen molar-refractivity contribution >= 4 is 6.03 Å². The van der Waals surface area contributed by atoms with Gasteiger partial charge in [-0.2, -0.15) is 0 Å². The molecule has 2 aliphatic rings. The summed E-state index contributed by atoms with van der Waals surface area (Å²) in [5.74, 6) is 0.657. The first-order valence-electron chi connectivity index (χ1n) is 13.3. The number of hydrogen-bond donors (Lipinski definition) is 1.